The molecule has 1 unspecified atom stereocenters. The SMILES string of the molecule is CC(=O)N[C@H]1[C@H](O[C@H]2[C@H](O)[C@@H](O)[C@H](O[C@H]3[C@@H](O)[C@@H](COS(=O)(=O)O)O[C@@H](O[C@H]4[C@H](O)[C@@H](O)[C@H](O[C@H]5[C@@H](O)[C@@H](COS(=O)(=O)O)OC(O)[C@@H]5NC(C)=O)O[C@@H]4C(=O)O)[C@@H]3NC(C)=O)O[C@@H]2C(=O)O)O[C@H](COS(=O)(=O)O)[C@H](O)[C@@H]1O[C@@H]1O[C@H](C(=O)O)[C@@H](O[C@@H]2O[C@H](COS(=O)(=O)O)[C@H](O)[C@H](O[C@@H]3O[C@H](C(=O)O)[C@@H](O[C@@H]4O[C@H](COS(=O)(=O)O)[C@H](O)[C@H](O[C@@H]5OC(C(=O)O)=C[C@H](O)[C@H]5O)[C@H]4NC(C)=O)[C@H](O)[C@H]3O)[C@H]2NC(C)=O)[C@H](O)[C@H]1O. The van der Waals surface area contributed by atoms with Gasteiger partial charge in [0, 0.05) is 34.6 Å². The maximum absolute atomic E-state index is 13.6. The highest BCUT2D eigenvalue weighted by atomic mass is 32.3. The van der Waals surface area contributed by atoms with Crippen LogP contribution < -0.4 is 26.6 Å². The monoisotopic (exact) mass is 2300 g/mol. The van der Waals surface area contributed by atoms with Crippen LogP contribution in [0.2, 0.25) is 0 Å². The van der Waals surface area contributed by atoms with Gasteiger partial charge in [-0.2, -0.15) is 42.1 Å². The highest BCUT2D eigenvalue weighted by Crippen LogP contribution is 2.42. The third kappa shape index (κ3) is 31.4. The van der Waals surface area contributed by atoms with Gasteiger partial charge in [0.2, 0.25) is 41.6 Å². The average molecular weight is 2300 g/mol. The maximum atomic E-state index is 13.6. The molecule has 860 valence electrons. The van der Waals surface area contributed by atoms with E-state index in [0.717, 1.165) is 13.8 Å². The zero-order chi connectivity index (χ0) is 112. The van der Waals surface area contributed by atoms with E-state index in [2.05, 4.69) is 47.5 Å². The molecule has 10 heterocycles. The third-order valence-corrected chi connectivity index (χ3v) is 25.5. The van der Waals surface area contributed by atoms with E-state index >= 15 is 0 Å². The van der Waals surface area contributed by atoms with Crippen LogP contribution in [0.15, 0.2) is 11.8 Å². The fraction of sp³-hybridized carbons (Fsp3) is 0.829. The zero-order valence-corrected chi connectivity index (χ0v) is 80.5. The number of carboxylic acid groups (broad SMARTS) is 5. The number of ether oxygens (including phenoxy) is 19. The first kappa shape index (κ1) is 124. The van der Waals surface area contributed by atoms with E-state index < -0.39 is 445 Å². The van der Waals surface area contributed by atoms with E-state index in [0.29, 0.717) is 26.8 Å². The largest absolute Gasteiger partial charge is 0.479 e. The Morgan fingerprint density at radius 1 is 0.253 bits per heavy atom. The van der Waals surface area contributed by atoms with Gasteiger partial charge in [0.05, 0.1) is 33.0 Å². The molecule has 5 amide bonds. The minimum atomic E-state index is -5.75. The number of hydrogen-bond acceptors (Lipinski definition) is 60. The highest BCUT2D eigenvalue weighted by Gasteiger charge is 2.65. The van der Waals surface area contributed by atoms with Crippen LogP contribution in [0.4, 0.5) is 0 Å². The van der Waals surface area contributed by atoms with Crippen molar-refractivity contribution in [1.82, 2.24) is 26.6 Å². The summed E-state index contributed by atoms with van der Waals surface area (Å²) in [5.41, 5.74) is 0. The smallest absolute Gasteiger partial charge is 0.397 e. The van der Waals surface area contributed by atoms with Crippen molar-refractivity contribution in [2.75, 3.05) is 33.0 Å². The number of aliphatic hydroxyl groups excluding tert-OH is 16. The van der Waals surface area contributed by atoms with Crippen LogP contribution in [-0.4, -0.2) is 559 Å². The van der Waals surface area contributed by atoms with Crippen LogP contribution >= 0.6 is 0 Å². The first-order valence-electron chi connectivity index (χ1n) is 43.0. The molecule has 0 aliphatic carbocycles. The summed E-state index contributed by atoms with van der Waals surface area (Å²) in [6.07, 6.45) is -115. The Labute approximate surface area is 839 Å². The van der Waals surface area contributed by atoms with E-state index in [1.807, 2.05) is 0 Å². The highest BCUT2D eigenvalue weighted by molar-refractivity contribution is 7.81. The molecule has 0 radical (unpaired) electrons. The van der Waals surface area contributed by atoms with Crippen LogP contribution in [0.3, 0.4) is 0 Å². The molecule has 10 aliphatic heterocycles. The standard InChI is InChI=1S/C70H105N5O70S5/c1-12(76)71-24-43(30(83)19(127-61(24)106)7-122-146(107,108)109)133-67-39(92)35(88)48(52(142-67)57(98)99)139-63-26(73-14(3)78)45(32(85)21(130-63)9-124-148(113,114)115)135-69-41(94)37(90)50(54(144-69)59(102)103)141-65-28(75-16(5)80)47(34(87)23(132-65)11-126-150(119,120)121)137-70-42(95)38(91)51(55(145-70)60(104)105)140-64-27(74-15(4)79)46(33(86)22(131-64)10-125-149(116,117)118)136-68-40(93)36(89)49(53(143-68)58(100)101)138-62-25(72-13(2)77)44(31(84)20(129-62)8-123-147(110,111)112)134-66-29(82)17(81)6-18(128-66)56(96)97/h6,17,19-55,61-70,81-95,106H,7-11H2,1-5H3,(H,71,76)(H,72,77)(H,73,78)(H,74,79)(H,75,80)(H,96,97)(H,98,99)(H,100,101)(H,102,103)(H,104,105)(H,107,108,109)(H,110,111,112)(H,113,114,115)(H,116,117,118)(H,119,120,121)/t17-,19+,20+,21+,22+,23+,24+,25+,26+,27+,28+,29+,30-,31-,32-,33-,34-,35+,36+,37+,38+,39+,40+,41+,42+,43+,44+,45+,46+,47+,48-,49-,50-,51-,52-,53-,54-,55-,61?,62-,63-,64-,65-,66-,67+,68+,69+,70+/m0/s1. The van der Waals surface area contributed by atoms with Crippen molar-refractivity contribution >= 4 is 111 Å². The minimum Gasteiger partial charge on any atom is -0.479 e. The number of nitrogens with one attached hydrogen (secondary N) is 5. The van der Waals surface area contributed by atoms with Crippen molar-refractivity contribution in [1.29, 1.82) is 0 Å². The van der Waals surface area contributed by atoms with Crippen molar-refractivity contribution in [3.8, 4) is 0 Å². The molecule has 80 heteroatoms. The molecule has 75 nitrogen and oxygen atoms in total. The molecule has 0 saturated carbocycles. The van der Waals surface area contributed by atoms with Crippen LogP contribution in [0.25, 0.3) is 0 Å². The Morgan fingerprint density at radius 3 is 0.647 bits per heavy atom. The second-order valence-corrected chi connectivity index (χ2v) is 39.5. The molecule has 10 rings (SSSR count). The molecule has 0 aromatic heterocycles. The van der Waals surface area contributed by atoms with E-state index in [1.165, 1.54) is 0 Å². The number of carbonyl (C=O) groups is 10. The summed E-state index contributed by atoms with van der Waals surface area (Å²) < 4.78 is 296. The van der Waals surface area contributed by atoms with Crippen molar-refractivity contribution < 1.29 is 331 Å². The van der Waals surface area contributed by atoms with Gasteiger partial charge in [0.1, 0.15) is 207 Å². The van der Waals surface area contributed by atoms with Crippen LogP contribution in [0.5, 0.6) is 0 Å². The number of hydrogen-bond donors (Lipinski definition) is 31. The molecule has 0 bridgehead atoms. The third-order valence-electron chi connectivity index (χ3n) is 23.3. The molecule has 0 spiro atoms. The van der Waals surface area contributed by atoms with Gasteiger partial charge in [-0.1, -0.05) is 0 Å². The van der Waals surface area contributed by atoms with Gasteiger partial charge in [-0.05, 0) is 6.08 Å². The molecule has 10 aliphatic rings. The second kappa shape index (κ2) is 50.6. The Morgan fingerprint density at radius 2 is 0.447 bits per heavy atom. The summed E-state index contributed by atoms with van der Waals surface area (Å²) >= 11 is 0. The van der Waals surface area contributed by atoms with Crippen molar-refractivity contribution in [2.24, 2.45) is 0 Å². The fourth-order valence-electron chi connectivity index (χ4n) is 16.7. The lowest BCUT2D eigenvalue weighted by atomic mass is 9.93. The number of carboxylic acids is 5. The second-order valence-electron chi connectivity index (χ2n) is 34.1. The van der Waals surface area contributed by atoms with Crippen LogP contribution in [0.1, 0.15) is 34.6 Å². The molecule has 9 saturated heterocycles. The normalized spacial score (nSPS) is 41.9. The summed E-state index contributed by atoms with van der Waals surface area (Å²) in [6, 6.07) is -11.7. The van der Waals surface area contributed by atoms with E-state index in [9.17, 15) is 220 Å². The lowest BCUT2D eigenvalue weighted by Gasteiger charge is -2.51. The van der Waals surface area contributed by atoms with Gasteiger partial charge >= 0.3 is 81.8 Å². The minimum absolute atomic E-state index is 0.470. The summed E-state index contributed by atoms with van der Waals surface area (Å²) in [4.78, 5) is 131. The summed E-state index contributed by atoms with van der Waals surface area (Å²) in [7, 11) is -28.0. The Bertz CT molecular complexity index is 5350. The first-order chi connectivity index (χ1) is 69.3. The first-order valence-corrected chi connectivity index (χ1v) is 49.8. The van der Waals surface area contributed by atoms with Gasteiger partial charge < -0.3 is 224 Å². The van der Waals surface area contributed by atoms with Gasteiger partial charge in [0.15, 0.2) is 81.0 Å². The van der Waals surface area contributed by atoms with E-state index in [4.69, 9.17) is 90.0 Å². The Kier molecular flexibility index (Phi) is 41.9. The molecular formula is C70H105N5O70S5. The lowest BCUT2D eigenvalue weighted by Crippen LogP contribution is -2.72. The van der Waals surface area contributed by atoms with Gasteiger partial charge in [-0.25, -0.2) is 44.9 Å². The maximum Gasteiger partial charge on any atom is 0.397 e. The molecule has 9 fully saturated rings. The topological polar surface area (TPSA) is 1150 Å². The molecular weight excluding hydrogens is 2190 g/mol. The summed E-state index contributed by atoms with van der Waals surface area (Å²) in [5, 5.41) is 250. The summed E-state index contributed by atoms with van der Waals surface area (Å²) in [6.45, 7) is -4.32. The Hall–Kier alpha value is -7.77. The van der Waals surface area contributed by atoms with Crippen LogP contribution in [0, 0.1) is 0 Å². The van der Waals surface area contributed by atoms with Crippen molar-refractivity contribution in [2.45, 2.75) is 329 Å². The van der Waals surface area contributed by atoms with Gasteiger partial charge in [-0.3, -0.25) is 46.7 Å². The predicted octanol–water partition coefficient (Wildman–Crippen LogP) is -21.3. The van der Waals surface area contributed by atoms with E-state index in [-0.39, 0.29) is 0 Å². The zero-order valence-electron chi connectivity index (χ0n) is 76.5. The average Bonchev–Trinajstić information content (AvgIpc) is 0.759. The fourth-order valence-corrected chi connectivity index (χ4v) is 18.3. The number of amides is 5. The summed E-state index contributed by atoms with van der Waals surface area (Å²) in [5.74, 6) is -18.5. The molecule has 31 N–H and O–H groups in total. The predicted molar refractivity (Wildman–Crippen MR) is 441 cm³/mol. The van der Waals surface area contributed by atoms with Crippen molar-refractivity contribution in [3.63, 3.8) is 0 Å². The number of rotatable bonds is 43. The van der Waals surface area contributed by atoms with Gasteiger partial charge in [0.25, 0.3) is 0 Å². The number of carbonyl (C=O) groups excluding carboxylic acids is 5. The molecule has 48 atom stereocenters. The quantitative estimate of drug-likeness (QED) is 0.0252. The molecule has 0 aromatic rings. The number of aliphatic hydroxyl groups is 16. The van der Waals surface area contributed by atoms with Crippen molar-refractivity contribution in [3.05, 3.63) is 11.8 Å². The molecule has 150 heavy (non-hydrogen) atoms. The van der Waals surface area contributed by atoms with E-state index in [1.54, 1.807) is 0 Å². The molecule has 0 aromatic carbocycles. The lowest BCUT2D eigenvalue weighted by molar-refractivity contribution is -0.381. The van der Waals surface area contributed by atoms with Gasteiger partial charge in [-0.15, -0.1) is 0 Å². The Balaban J connectivity index is 0.916. The van der Waals surface area contributed by atoms with Crippen LogP contribution in [-0.2, 0) is 211 Å². The number of aliphatic carboxylic acids is 5.